The summed E-state index contributed by atoms with van der Waals surface area (Å²) in [5.41, 5.74) is 2.79. The van der Waals surface area contributed by atoms with Gasteiger partial charge in [0.1, 0.15) is 11.5 Å². The zero-order chi connectivity index (χ0) is 21.6. The fourth-order valence-corrected chi connectivity index (χ4v) is 5.72. The number of benzene rings is 3. The molecular formula is C24H29N2O3P. The molecule has 1 N–H and O–H groups in total. The van der Waals surface area contributed by atoms with Crippen LogP contribution in [0.4, 0.5) is 11.4 Å². The van der Waals surface area contributed by atoms with Gasteiger partial charge in [0.05, 0.1) is 13.7 Å². The summed E-state index contributed by atoms with van der Waals surface area (Å²) in [5.74, 6) is 0.203. The Hall–Kier alpha value is -2.75. The summed E-state index contributed by atoms with van der Waals surface area (Å²) in [6.45, 7) is 2.21. The largest absolute Gasteiger partial charge is 0.497 e. The third kappa shape index (κ3) is 4.86. The van der Waals surface area contributed by atoms with E-state index in [0.29, 0.717) is 11.9 Å². The number of nitrogens with zero attached hydrogens (tertiary/aromatic N) is 1. The smallest absolute Gasteiger partial charge is 0.258 e. The Balaban J connectivity index is 2.09. The van der Waals surface area contributed by atoms with E-state index in [1.54, 1.807) is 7.11 Å². The van der Waals surface area contributed by atoms with Crippen molar-refractivity contribution in [3.05, 3.63) is 84.4 Å². The van der Waals surface area contributed by atoms with Gasteiger partial charge in [0.25, 0.3) is 7.37 Å². The Morgan fingerprint density at radius 1 is 0.933 bits per heavy atom. The number of ether oxygens (including phenoxy) is 1. The molecule has 0 bridgehead atoms. The van der Waals surface area contributed by atoms with Crippen LogP contribution in [0.1, 0.15) is 18.3 Å². The minimum absolute atomic E-state index is 0.343. The van der Waals surface area contributed by atoms with Crippen LogP contribution in [-0.4, -0.2) is 27.8 Å². The highest BCUT2D eigenvalue weighted by molar-refractivity contribution is 7.67. The van der Waals surface area contributed by atoms with Crippen molar-refractivity contribution in [2.24, 2.45) is 0 Å². The van der Waals surface area contributed by atoms with Gasteiger partial charge in [0.15, 0.2) is 0 Å². The highest BCUT2D eigenvalue weighted by atomic mass is 31.2. The SMILES string of the molecule is CCO[P@@](=O)(c1ccc(N(C)C)cc1)[C@@H](Nc1ccccc1)c1ccc(OC)cc1. The van der Waals surface area contributed by atoms with Gasteiger partial charge < -0.3 is 19.5 Å². The first-order valence-corrected chi connectivity index (χ1v) is 11.6. The highest BCUT2D eigenvalue weighted by Crippen LogP contribution is 2.59. The first-order chi connectivity index (χ1) is 14.5. The molecule has 158 valence electrons. The molecule has 3 rings (SSSR count). The average molecular weight is 424 g/mol. The van der Waals surface area contributed by atoms with Gasteiger partial charge >= 0.3 is 0 Å². The molecule has 0 aliphatic carbocycles. The van der Waals surface area contributed by atoms with Crippen molar-refractivity contribution in [2.45, 2.75) is 12.7 Å². The zero-order valence-electron chi connectivity index (χ0n) is 17.9. The van der Waals surface area contributed by atoms with Crippen molar-refractivity contribution < 1.29 is 13.8 Å². The summed E-state index contributed by atoms with van der Waals surface area (Å²) in [6.07, 6.45) is 0. The lowest BCUT2D eigenvalue weighted by atomic mass is 10.2. The number of hydrogen-bond acceptors (Lipinski definition) is 5. The van der Waals surface area contributed by atoms with E-state index in [4.69, 9.17) is 9.26 Å². The molecule has 5 nitrogen and oxygen atoms in total. The Morgan fingerprint density at radius 3 is 2.10 bits per heavy atom. The van der Waals surface area contributed by atoms with Crippen LogP contribution in [-0.2, 0) is 9.09 Å². The van der Waals surface area contributed by atoms with Crippen LogP contribution in [0.3, 0.4) is 0 Å². The molecule has 0 saturated carbocycles. The van der Waals surface area contributed by atoms with Crippen LogP contribution in [0.2, 0.25) is 0 Å². The van der Waals surface area contributed by atoms with Crippen LogP contribution in [0.25, 0.3) is 0 Å². The normalized spacial score (nSPS) is 13.9. The lowest BCUT2D eigenvalue weighted by Crippen LogP contribution is -2.21. The van der Waals surface area contributed by atoms with E-state index in [1.807, 2.05) is 105 Å². The van der Waals surface area contributed by atoms with E-state index in [-0.39, 0.29) is 0 Å². The Morgan fingerprint density at radius 2 is 1.57 bits per heavy atom. The fraction of sp³-hybridized carbons (Fsp3) is 0.250. The molecule has 0 aliphatic rings. The maximum absolute atomic E-state index is 14.4. The Labute approximate surface area is 179 Å². The highest BCUT2D eigenvalue weighted by Gasteiger charge is 2.37. The molecule has 2 atom stereocenters. The van der Waals surface area contributed by atoms with Crippen LogP contribution in [0, 0.1) is 0 Å². The van der Waals surface area contributed by atoms with Crippen molar-refractivity contribution in [3.63, 3.8) is 0 Å². The maximum atomic E-state index is 14.4. The number of hydrogen-bond donors (Lipinski definition) is 1. The van der Waals surface area contributed by atoms with Gasteiger partial charge in [-0.3, -0.25) is 4.57 Å². The van der Waals surface area contributed by atoms with E-state index >= 15 is 0 Å². The van der Waals surface area contributed by atoms with Gasteiger partial charge in [-0.05, 0) is 61.0 Å². The zero-order valence-corrected chi connectivity index (χ0v) is 18.8. The van der Waals surface area contributed by atoms with E-state index in [2.05, 4.69) is 5.32 Å². The van der Waals surface area contributed by atoms with Gasteiger partial charge in [-0.15, -0.1) is 0 Å². The molecule has 0 amide bonds. The van der Waals surface area contributed by atoms with Gasteiger partial charge in [-0.2, -0.15) is 0 Å². The molecule has 0 spiro atoms. The second kappa shape index (κ2) is 9.84. The Bertz CT molecular complexity index is 974. The monoisotopic (exact) mass is 424 g/mol. The molecule has 0 fully saturated rings. The van der Waals surface area contributed by atoms with E-state index < -0.39 is 13.2 Å². The third-order valence-corrected chi connectivity index (χ3v) is 7.66. The van der Waals surface area contributed by atoms with Crippen molar-refractivity contribution >= 4 is 24.0 Å². The van der Waals surface area contributed by atoms with Crippen molar-refractivity contribution in [1.29, 1.82) is 0 Å². The first-order valence-electron chi connectivity index (χ1n) is 9.95. The second-order valence-electron chi connectivity index (χ2n) is 7.11. The quantitative estimate of drug-likeness (QED) is 0.459. The lowest BCUT2D eigenvalue weighted by molar-refractivity contribution is 0.335. The summed E-state index contributed by atoms with van der Waals surface area (Å²) in [6, 6.07) is 25.1. The van der Waals surface area contributed by atoms with Gasteiger partial charge in [0, 0.05) is 30.8 Å². The second-order valence-corrected chi connectivity index (χ2v) is 9.60. The molecule has 0 heterocycles. The van der Waals surface area contributed by atoms with Crippen LogP contribution >= 0.6 is 7.37 Å². The minimum Gasteiger partial charge on any atom is -0.497 e. The molecule has 30 heavy (non-hydrogen) atoms. The summed E-state index contributed by atoms with van der Waals surface area (Å²) in [5, 5.41) is 4.13. The molecule has 0 radical (unpaired) electrons. The van der Waals surface area contributed by atoms with Crippen molar-refractivity contribution in [2.75, 3.05) is 38.0 Å². The van der Waals surface area contributed by atoms with Gasteiger partial charge in [-0.25, -0.2) is 0 Å². The fourth-order valence-electron chi connectivity index (χ4n) is 3.29. The van der Waals surface area contributed by atoms with Crippen LogP contribution < -0.4 is 20.3 Å². The summed E-state index contributed by atoms with van der Waals surface area (Å²) in [4.78, 5) is 2.01. The predicted molar refractivity (Wildman–Crippen MR) is 125 cm³/mol. The molecule has 6 heteroatoms. The molecule has 3 aromatic carbocycles. The van der Waals surface area contributed by atoms with Crippen molar-refractivity contribution in [1.82, 2.24) is 0 Å². The van der Waals surface area contributed by atoms with Gasteiger partial charge in [-0.1, -0.05) is 30.3 Å². The number of para-hydroxylation sites is 1. The van der Waals surface area contributed by atoms with Crippen LogP contribution in [0.5, 0.6) is 5.75 Å². The van der Waals surface area contributed by atoms with Crippen LogP contribution in [0.15, 0.2) is 78.9 Å². The number of methoxy groups -OCH3 is 1. The topological polar surface area (TPSA) is 50.8 Å². The van der Waals surface area contributed by atoms with Gasteiger partial charge in [0.2, 0.25) is 0 Å². The predicted octanol–water partition coefficient (Wildman–Crippen LogP) is 5.51. The first kappa shape index (κ1) is 21.9. The molecule has 0 saturated heterocycles. The molecule has 0 unspecified atom stereocenters. The van der Waals surface area contributed by atoms with E-state index in [0.717, 1.165) is 22.7 Å². The lowest BCUT2D eigenvalue weighted by Gasteiger charge is -2.30. The summed E-state index contributed by atoms with van der Waals surface area (Å²) >= 11 is 0. The number of nitrogens with one attached hydrogen (secondary N) is 1. The Kier molecular flexibility index (Phi) is 7.20. The maximum Gasteiger partial charge on any atom is 0.258 e. The summed E-state index contributed by atoms with van der Waals surface area (Å²) in [7, 11) is 2.28. The molecule has 0 aromatic heterocycles. The van der Waals surface area contributed by atoms with Crippen molar-refractivity contribution in [3.8, 4) is 5.75 Å². The minimum atomic E-state index is -3.31. The standard InChI is InChI=1S/C24H29N2O3P/c1-5-29-30(27,23-17-13-21(14-18-23)26(2)3)24(25-20-9-7-6-8-10-20)19-11-15-22(28-4)16-12-19/h6-18,24-25H,5H2,1-4H3/t24-,30+/m1/s1. The third-order valence-electron chi connectivity index (χ3n) is 4.90. The average Bonchev–Trinajstić information content (AvgIpc) is 2.78. The molecule has 3 aromatic rings. The number of anilines is 2. The molecule has 0 aliphatic heterocycles. The number of rotatable bonds is 9. The van der Waals surface area contributed by atoms with E-state index in [9.17, 15) is 4.57 Å². The van der Waals surface area contributed by atoms with E-state index in [1.165, 1.54) is 0 Å². The summed E-state index contributed by atoms with van der Waals surface area (Å²) < 4.78 is 25.7. The molecular weight excluding hydrogens is 395 g/mol.